The van der Waals surface area contributed by atoms with Gasteiger partial charge in [-0.05, 0) is 264 Å². The average molecular weight is 1670 g/mol. The summed E-state index contributed by atoms with van der Waals surface area (Å²) in [5.74, 6) is 0. The van der Waals surface area contributed by atoms with Crippen LogP contribution in [-0.4, -0.2) is 0 Å². The predicted molar refractivity (Wildman–Crippen MR) is 539 cm³/mol. The summed E-state index contributed by atoms with van der Waals surface area (Å²) in [6.07, 6.45) is 0. The van der Waals surface area contributed by atoms with Gasteiger partial charge in [-0.15, -0.1) is 68.0 Å². The van der Waals surface area contributed by atoms with E-state index in [0.717, 1.165) is 22.3 Å². The van der Waals surface area contributed by atoms with Crippen LogP contribution in [0.3, 0.4) is 0 Å². The maximum atomic E-state index is 5.91. The first-order chi connectivity index (χ1) is 58.0. The van der Waals surface area contributed by atoms with Gasteiger partial charge >= 0.3 is 0 Å². The van der Waals surface area contributed by atoms with E-state index in [1.807, 2.05) is 80.2 Å². The van der Waals surface area contributed by atoms with Crippen LogP contribution in [0.25, 0.3) is 165 Å². The molecular formula is C112H96O2S6. The normalized spacial score (nSPS) is 11.3. The quantitative estimate of drug-likeness (QED) is 0.151. The van der Waals surface area contributed by atoms with E-state index in [9.17, 15) is 0 Å². The van der Waals surface area contributed by atoms with E-state index < -0.39 is 0 Å². The molecule has 0 radical (unpaired) electrons. The molecule has 0 fully saturated rings. The van der Waals surface area contributed by atoms with Crippen LogP contribution in [0.15, 0.2) is 300 Å². The summed E-state index contributed by atoms with van der Waals surface area (Å²) in [4.78, 5) is 0. The van der Waals surface area contributed by atoms with Crippen molar-refractivity contribution in [2.24, 2.45) is 0 Å². The van der Waals surface area contributed by atoms with Crippen molar-refractivity contribution in [3.8, 4) is 0 Å². The molecule has 0 aliphatic rings. The number of para-hydroxylation sites is 2. The highest BCUT2D eigenvalue weighted by molar-refractivity contribution is 7.28. The zero-order valence-corrected chi connectivity index (χ0v) is 75.9. The Hall–Kier alpha value is -11.6. The smallest absolute Gasteiger partial charge is 0.138 e. The first-order valence-electron chi connectivity index (χ1n) is 41.1. The Balaban J connectivity index is 0.0000000979. The molecule has 8 heterocycles. The summed E-state index contributed by atoms with van der Waals surface area (Å²) in [5, 5.41) is 21.7. The van der Waals surface area contributed by atoms with E-state index >= 15 is 0 Å². The van der Waals surface area contributed by atoms with Gasteiger partial charge in [0.15, 0.2) is 0 Å². The Morgan fingerprint density at radius 1 is 0.158 bits per heavy atom. The Labute approximate surface area is 726 Å². The van der Waals surface area contributed by atoms with E-state index in [1.165, 1.54) is 232 Å². The van der Waals surface area contributed by atoms with Gasteiger partial charge < -0.3 is 8.83 Å². The van der Waals surface area contributed by atoms with Gasteiger partial charge in [0, 0.05) is 143 Å². The van der Waals surface area contributed by atoms with Gasteiger partial charge in [0.05, 0.1) is 0 Å². The third-order valence-electron chi connectivity index (χ3n) is 22.8. The average Bonchev–Trinajstić information content (AvgIpc) is 1.61. The molecular weight excluding hydrogens is 1570 g/mol. The van der Waals surface area contributed by atoms with Crippen molar-refractivity contribution < 1.29 is 8.83 Å². The van der Waals surface area contributed by atoms with Crippen molar-refractivity contribution in [2.75, 3.05) is 0 Å². The van der Waals surface area contributed by atoms with Crippen LogP contribution in [0.4, 0.5) is 0 Å². The topological polar surface area (TPSA) is 26.3 Å². The lowest BCUT2D eigenvalue weighted by atomic mass is 10.1. The van der Waals surface area contributed by atoms with Crippen molar-refractivity contribution in [1.29, 1.82) is 0 Å². The van der Waals surface area contributed by atoms with E-state index in [0.29, 0.717) is 0 Å². The monoisotopic (exact) mass is 1660 g/mol. The number of rotatable bonds is 0. The summed E-state index contributed by atoms with van der Waals surface area (Å²) in [6, 6.07) is 105. The van der Waals surface area contributed by atoms with E-state index in [4.69, 9.17) is 8.83 Å². The predicted octanol–water partition coefficient (Wildman–Crippen LogP) is 36.4. The molecule has 8 heteroatoms. The van der Waals surface area contributed by atoms with Gasteiger partial charge in [-0.2, -0.15) is 0 Å². The highest BCUT2D eigenvalue weighted by atomic mass is 32.1. The molecule has 16 aromatic carbocycles. The molecule has 8 aromatic heterocycles. The molecule has 24 aromatic rings. The SMILES string of the molecule is Cc1ccc2c(c1)sc1ccc(C)cc12.Cc1ccc2oc3ccc(C)cc3c2c1.Cc1ccc2sc3c(C)cccc3c2c1.Cc1ccc2sc3ccc(C)cc3c2c1.Cc1ccc2sc3cccc(C)c3c2c1.Cc1cccc2c1oc1c(C)cccc12.Cc1cccc2c1sc1c(C)cccc12.Cc1cccc2c1sc1cccc(C)c12. The van der Waals surface area contributed by atoms with Crippen LogP contribution in [0.2, 0.25) is 0 Å². The second-order valence-electron chi connectivity index (χ2n) is 32.4. The number of aryl methyl sites for hydroxylation is 16. The molecule has 0 aliphatic heterocycles. The van der Waals surface area contributed by atoms with E-state index in [-0.39, 0.29) is 0 Å². The molecule has 24 rings (SSSR count). The Morgan fingerprint density at radius 2 is 0.433 bits per heavy atom. The Kier molecular flexibility index (Phi) is 23.1. The number of fused-ring (bicyclic) bond motifs is 24. The molecule has 120 heavy (non-hydrogen) atoms. The fraction of sp³-hybridized carbons (Fsp3) is 0.143. The van der Waals surface area contributed by atoms with Crippen LogP contribution in [-0.2, 0) is 0 Å². The fourth-order valence-electron chi connectivity index (χ4n) is 16.5. The van der Waals surface area contributed by atoms with Crippen LogP contribution in [0.5, 0.6) is 0 Å². The molecule has 0 amide bonds. The molecule has 0 saturated carbocycles. The van der Waals surface area contributed by atoms with Crippen molar-refractivity contribution >= 4 is 233 Å². The third-order valence-corrected chi connectivity index (χ3v) is 30.4. The molecule has 0 atom stereocenters. The summed E-state index contributed by atoms with van der Waals surface area (Å²) >= 11 is 11.4. The lowest BCUT2D eigenvalue weighted by Gasteiger charge is -1.97. The van der Waals surface area contributed by atoms with Crippen LogP contribution in [0, 0.1) is 111 Å². The number of hydrogen-bond donors (Lipinski definition) is 0. The van der Waals surface area contributed by atoms with Crippen molar-refractivity contribution in [3.63, 3.8) is 0 Å². The second kappa shape index (κ2) is 34.3. The van der Waals surface area contributed by atoms with Crippen LogP contribution < -0.4 is 0 Å². The molecule has 0 bridgehead atoms. The minimum absolute atomic E-state index is 0.973. The summed E-state index contributed by atoms with van der Waals surface area (Å²) in [6.45, 7) is 34.4. The largest absolute Gasteiger partial charge is 0.456 e. The van der Waals surface area contributed by atoms with Gasteiger partial charge in [0.2, 0.25) is 0 Å². The number of furan rings is 2. The Bertz CT molecular complexity index is 7440. The standard InChI is InChI=1S/2C14H12O.6C14H12S/c1-9-3-5-13-11(7-9)12-8-10(2)4-6-14(12)15-13;1-9-5-3-7-11-12-8-4-6-10(2)14(12)15-13(9)11;1-9-5-4-8-12-13(9)11-7-3-6-10(2)14(11)15-12;1-9-4-6-13-12(7-9)11-5-3-10(2)8-14(11)15-13;1-9-3-5-13-11(7-9)12-8-10(2)4-6-14(12)15-13;1-9-5-3-7-11-12-8-4-6-10(2)14(12)15-13(9)11;1-9-6-7-12-11(8-9)14-10(2)4-3-5-13(14)15-12;1-9-6-7-13-12(8-9)11-5-3-4-10(2)14(11)15-13/h8*3-8H,1-2H3. The summed E-state index contributed by atoms with van der Waals surface area (Å²) < 4.78 is 28.6. The zero-order chi connectivity index (χ0) is 83.3. The van der Waals surface area contributed by atoms with Crippen LogP contribution >= 0.6 is 68.0 Å². The van der Waals surface area contributed by atoms with E-state index in [2.05, 4.69) is 390 Å². The number of benzene rings is 16. The molecule has 2 nitrogen and oxygen atoms in total. The van der Waals surface area contributed by atoms with E-state index in [1.54, 1.807) is 0 Å². The zero-order valence-electron chi connectivity index (χ0n) is 71.0. The third kappa shape index (κ3) is 16.4. The molecule has 0 saturated heterocycles. The second-order valence-corrected chi connectivity index (χ2v) is 38.8. The molecule has 592 valence electrons. The number of hydrogen-bond acceptors (Lipinski definition) is 8. The molecule has 0 unspecified atom stereocenters. The van der Waals surface area contributed by atoms with Crippen molar-refractivity contribution in [3.05, 3.63) is 380 Å². The Morgan fingerprint density at radius 3 is 0.892 bits per heavy atom. The minimum atomic E-state index is 0.973. The maximum Gasteiger partial charge on any atom is 0.138 e. The summed E-state index contributed by atoms with van der Waals surface area (Å²) in [5.41, 5.74) is 25.2. The van der Waals surface area contributed by atoms with Gasteiger partial charge in [-0.1, -0.05) is 227 Å². The van der Waals surface area contributed by atoms with Gasteiger partial charge in [-0.25, -0.2) is 0 Å². The first kappa shape index (κ1) is 80.8. The van der Waals surface area contributed by atoms with Gasteiger partial charge in [-0.3, -0.25) is 0 Å². The fourth-order valence-corrected chi connectivity index (χ4v) is 23.6. The summed E-state index contributed by atoms with van der Waals surface area (Å²) in [7, 11) is 0. The van der Waals surface area contributed by atoms with Gasteiger partial charge in [0.25, 0.3) is 0 Å². The molecule has 0 aliphatic carbocycles. The highest BCUT2D eigenvalue weighted by Crippen LogP contribution is 2.43. The first-order valence-corrected chi connectivity index (χ1v) is 46.0. The maximum absolute atomic E-state index is 5.91. The lowest BCUT2D eigenvalue weighted by Crippen LogP contribution is -1.74. The van der Waals surface area contributed by atoms with Gasteiger partial charge in [0.1, 0.15) is 22.3 Å². The highest BCUT2D eigenvalue weighted by Gasteiger charge is 2.15. The van der Waals surface area contributed by atoms with Crippen LogP contribution in [0.1, 0.15) is 89.0 Å². The van der Waals surface area contributed by atoms with Crippen molar-refractivity contribution in [2.45, 2.75) is 111 Å². The minimum Gasteiger partial charge on any atom is -0.456 e. The molecule has 0 N–H and O–H groups in total. The lowest BCUT2D eigenvalue weighted by molar-refractivity contribution is 0.662. The molecule has 0 spiro atoms. The number of thiophene rings is 6. The van der Waals surface area contributed by atoms with Crippen molar-refractivity contribution in [1.82, 2.24) is 0 Å².